The van der Waals surface area contributed by atoms with Crippen molar-refractivity contribution in [2.45, 2.75) is 44.9 Å². The maximum atomic E-state index is 5.79. The lowest BCUT2D eigenvalue weighted by atomic mass is 9.93. The molecule has 2 fully saturated rings. The summed E-state index contributed by atoms with van der Waals surface area (Å²) in [5, 5.41) is 12.2. The van der Waals surface area contributed by atoms with Crippen LogP contribution in [0, 0.1) is 5.92 Å². The summed E-state index contributed by atoms with van der Waals surface area (Å²) in [5.41, 5.74) is 2.47. The number of para-hydroxylation sites is 1. The number of likely N-dealkylation sites (tertiary alicyclic amines) is 1. The number of ether oxygens (including phenoxy) is 1. The first-order valence-corrected chi connectivity index (χ1v) is 9.28. The van der Waals surface area contributed by atoms with Gasteiger partial charge in [-0.15, -0.1) is 0 Å². The lowest BCUT2D eigenvalue weighted by molar-refractivity contribution is 0.0512. The van der Waals surface area contributed by atoms with Gasteiger partial charge in [-0.05, 0) is 37.3 Å². The van der Waals surface area contributed by atoms with Gasteiger partial charge in [-0.3, -0.25) is 5.10 Å². The maximum absolute atomic E-state index is 5.79. The number of aromatic nitrogens is 2. The Kier molecular flexibility index (Phi) is 4.83. The van der Waals surface area contributed by atoms with Crippen LogP contribution in [0.4, 0.5) is 0 Å². The van der Waals surface area contributed by atoms with Crippen molar-refractivity contribution < 1.29 is 4.74 Å². The van der Waals surface area contributed by atoms with Gasteiger partial charge in [-0.1, -0.05) is 25.1 Å². The summed E-state index contributed by atoms with van der Waals surface area (Å²) in [6, 6.07) is 6.99. The molecule has 2 aromatic rings. The number of nitrogens with one attached hydrogen (secondary N) is 2. The van der Waals surface area contributed by atoms with Crippen LogP contribution < -0.4 is 5.32 Å². The van der Waals surface area contributed by atoms with Crippen molar-refractivity contribution in [1.29, 1.82) is 0 Å². The van der Waals surface area contributed by atoms with Gasteiger partial charge >= 0.3 is 0 Å². The maximum Gasteiger partial charge on any atom is 0.0702 e. The number of nitrogens with zero attached hydrogens (tertiary/aromatic N) is 2. The van der Waals surface area contributed by atoms with Gasteiger partial charge in [0.15, 0.2) is 0 Å². The Balaban J connectivity index is 1.30. The zero-order chi connectivity index (χ0) is 16.4. The van der Waals surface area contributed by atoms with Crippen molar-refractivity contribution >= 4 is 10.9 Å². The third-order valence-electron chi connectivity index (χ3n) is 5.59. The average molecular weight is 328 g/mol. The molecule has 130 valence electrons. The van der Waals surface area contributed by atoms with Gasteiger partial charge in [0.2, 0.25) is 0 Å². The number of H-pyrrole nitrogens is 1. The molecule has 0 spiro atoms. The first-order valence-electron chi connectivity index (χ1n) is 9.28. The van der Waals surface area contributed by atoms with E-state index >= 15 is 0 Å². The molecule has 0 aliphatic carbocycles. The largest absolute Gasteiger partial charge is 0.377 e. The Labute approximate surface area is 143 Å². The van der Waals surface area contributed by atoms with Gasteiger partial charge < -0.3 is 15.0 Å². The van der Waals surface area contributed by atoms with Crippen molar-refractivity contribution in [2.75, 3.05) is 26.2 Å². The molecule has 0 radical (unpaired) electrons. The van der Waals surface area contributed by atoms with Crippen molar-refractivity contribution in [1.82, 2.24) is 20.4 Å². The summed E-state index contributed by atoms with van der Waals surface area (Å²) in [6.07, 6.45) is 6.05. The molecule has 2 aliphatic rings. The minimum atomic E-state index is 0.472. The highest BCUT2D eigenvalue weighted by molar-refractivity contribution is 5.81. The molecule has 0 amide bonds. The number of hydrogen-bond donors (Lipinski definition) is 2. The minimum absolute atomic E-state index is 0.472. The normalized spacial score (nSPS) is 28.6. The first kappa shape index (κ1) is 16.1. The third kappa shape index (κ3) is 3.48. The van der Waals surface area contributed by atoms with E-state index in [-0.39, 0.29) is 0 Å². The summed E-state index contributed by atoms with van der Waals surface area (Å²) >= 11 is 0. The fraction of sp³-hybridized carbons (Fsp3) is 0.632. The predicted octanol–water partition coefficient (Wildman–Crippen LogP) is 2.54. The van der Waals surface area contributed by atoms with Crippen LogP contribution in [0.2, 0.25) is 0 Å². The number of benzene rings is 1. The summed E-state index contributed by atoms with van der Waals surface area (Å²) in [5.74, 6) is 0.668. The molecule has 24 heavy (non-hydrogen) atoms. The number of rotatable bonds is 5. The van der Waals surface area contributed by atoms with Gasteiger partial charge in [-0.25, -0.2) is 0 Å². The highest BCUT2D eigenvalue weighted by Crippen LogP contribution is 2.21. The Morgan fingerprint density at radius 2 is 2.33 bits per heavy atom. The Hall–Kier alpha value is -1.43. The second-order valence-electron chi connectivity index (χ2n) is 7.40. The molecule has 5 nitrogen and oxygen atoms in total. The lowest BCUT2D eigenvalue weighted by Gasteiger charge is -2.38. The van der Waals surface area contributed by atoms with Crippen molar-refractivity contribution in [2.24, 2.45) is 5.92 Å². The van der Waals surface area contributed by atoms with E-state index in [2.05, 4.69) is 45.5 Å². The molecule has 2 N–H and O–H groups in total. The average Bonchev–Trinajstić information content (AvgIpc) is 3.25. The Morgan fingerprint density at radius 1 is 1.38 bits per heavy atom. The second kappa shape index (κ2) is 7.21. The molecule has 0 saturated carbocycles. The zero-order valence-electron chi connectivity index (χ0n) is 14.5. The van der Waals surface area contributed by atoms with Crippen LogP contribution in [-0.4, -0.2) is 53.5 Å². The summed E-state index contributed by atoms with van der Waals surface area (Å²) in [4.78, 5) is 2.59. The fourth-order valence-electron chi connectivity index (χ4n) is 4.20. The molecule has 1 aromatic heterocycles. The molecular weight excluding hydrogens is 300 g/mol. The van der Waals surface area contributed by atoms with Crippen LogP contribution in [-0.2, 0) is 11.3 Å². The van der Waals surface area contributed by atoms with E-state index in [1.165, 1.54) is 43.3 Å². The standard InChI is InChI=1S/C19H28N4O/c1-14-12-23(13-17-6-3-9-24-17)8-7-18(14)20-10-15-4-2-5-16-11-21-22-19(15)16/h2,4-5,11,14,17-18,20H,3,6-10,12-13H2,1H3,(H,21,22)/t14-,17-,18+/m1/s1. The van der Waals surface area contributed by atoms with Gasteiger partial charge in [0, 0.05) is 37.7 Å². The van der Waals surface area contributed by atoms with E-state index in [1.807, 2.05) is 6.20 Å². The molecule has 4 rings (SSSR count). The number of hydrogen-bond acceptors (Lipinski definition) is 4. The molecule has 2 saturated heterocycles. The van der Waals surface area contributed by atoms with Gasteiger partial charge in [-0.2, -0.15) is 5.10 Å². The summed E-state index contributed by atoms with van der Waals surface area (Å²) < 4.78 is 5.79. The van der Waals surface area contributed by atoms with Crippen LogP contribution >= 0.6 is 0 Å². The van der Waals surface area contributed by atoms with Crippen molar-refractivity contribution in [3.05, 3.63) is 30.0 Å². The Morgan fingerprint density at radius 3 is 3.17 bits per heavy atom. The molecular formula is C19H28N4O. The highest BCUT2D eigenvalue weighted by Gasteiger charge is 2.28. The van der Waals surface area contributed by atoms with E-state index in [4.69, 9.17) is 4.74 Å². The Bertz CT molecular complexity index is 664. The first-order chi connectivity index (χ1) is 11.8. The molecule has 3 heterocycles. The molecule has 2 aliphatic heterocycles. The van der Waals surface area contributed by atoms with E-state index in [0.717, 1.165) is 25.2 Å². The van der Waals surface area contributed by atoms with Crippen LogP contribution in [0.15, 0.2) is 24.4 Å². The molecule has 3 atom stereocenters. The van der Waals surface area contributed by atoms with Crippen LogP contribution in [0.1, 0.15) is 31.7 Å². The predicted molar refractivity (Wildman–Crippen MR) is 95.9 cm³/mol. The van der Waals surface area contributed by atoms with E-state index in [1.54, 1.807) is 0 Å². The van der Waals surface area contributed by atoms with Gasteiger partial charge in [0.1, 0.15) is 0 Å². The lowest BCUT2D eigenvalue weighted by Crippen LogP contribution is -2.49. The van der Waals surface area contributed by atoms with Gasteiger partial charge in [0.05, 0.1) is 17.8 Å². The summed E-state index contributed by atoms with van der Waals surface area (Å²) in [7, 11) is 0. The van der Waals surface area contributed by atoms with Crippen LogP contribution in [0.5, 0.6) is 0 Å². The molecule has 5 heteroatoms. The van der Waals surface area contributed by atoms with E-state index in [9.17, 15) is 0 Å². The third-order valence-corrected chi connectivity index (χ3v) is 5.59. The zero-order valence-corrected chi connectivity index (χ0v) is 14.5. The second-order valence-corrected chi connectivity index (χ2v) is 7.40. The SMILES string of the molecule is C[C@@H]1CN(C[C@H]2CCCO2)CC[C@@H]1NCc1cccc2cn[nH]c12. The number of fused-ring (bicyclic) bond motifs is 1. The molecule has 1 aromatic carbocycles. The fourth-order valence-corrected chi connectivity index (χ4v) is 4.20. The van der Waals surface area contributed by atoms with Crippen molar-refractivity contribution in [3.63, 3.8) is 0 Å². The topological polar surface area (TPSA) is 53.2 Å². The van der Waals surface area contributed by atoms with Crippen LogP contribution in [0.3, 0.4) is 0 Å². The number of piperidine rings is 1. The van der Waals surface area contributed by atoms with E-state index < -0.39 is 0 Å². The molecule has 0 unspecified atom stereocenters. The summed E-state index contributed by atoms with van der Waals surface area (Å²) in [6.45, 7) is 7.69. The molecule has 0 bridgehead atoms. The van der Waals surface area contributed by atoms with Crippen LogP contribution in [0.25, 0.3) is 10.9 Å². The van der Waals surface area contributed by atoms with E-state index in [0.29, 0.717) is 18.1 Å². The monoisotopic (exact) mass is 328 g/mol. The smallest absolute Gasteiger partial charge is 0.0702 e. The van der Waals surface area contributed by atoms with Gasteiger partial charge in [0.25, 0.3) is 0 Å². The van der Waals surface area contributed by atoms with Crippen molar-refractivity contribution in [3.8, 4) is 0 Å². The number of aromatic amines is 1. The quantitative estimate of drug-likeness (QED) is 0.886. The highest BCUT2D eigenvalue weighted by atomic mass is 16.5. The minimum Gasteiger partial charge on any atom is -0.377 e.